The summed E-state index contributed by atoms with van der Waals surface area (Å²) in [4.78, 5) is 25.4. The molecule has 2 unspecified atom stereocenters. The Morgan fingerprint density at radius 1 is 1.20 bits per heavy atom. The lowest BCUT2D eigenvalue weighted by molar-refractivity contribution is -0.938. The van der Waals surface area contributed by atoms with Crippen LogP contribution >= 0.6 is 11.3 Å². The van der Waals surface area contributed by atoms with Crippen LogP contribution in [0.5, 0.6) is 0 Å². The van der Waals surface area contributed by atoms with E-state index >= 15 is 0 Å². The third-order valence-electron chi connectivity index (χ3n) is 6.83. The van der Waals surface area contributed by atoms with Crippen LogP contribution in [-0.4, -0.2) is 73.1 Å². The number of ether oxygens (including phenoxy) is 3. The summed E-state index contributed by atoms with van der Waals surface area (Å²) in [5.74, 6) is -1.66. The van der Waals surface area contributed by atoms with E-state index in [0.717, 1.165) is 4.48 Å². The van der Waals surface area contributed by atoms with Gasteiger partial charge in [-0.05, 0) is 23.6 Å². The number of epoxide rings is 1. The van der Waals surface area contributed by atoms with E-state index in [0.29, 0.717) is 17.7 Å². The molecular weight excluding hydrogens is 410 g/mol. The number of fused-ring (bicyclic) bond motifs is 5. The van der Waals surface area contributed by atoms with Crippen LogP contribution < -0.4 is 0 Å². The first-order chi connectivity index (χ1) is 14.3. The molecule has 2 aromatic rings. The van der Waals surface area contributed by atoms with Gasteiger partial charge in [0, 0.05) is 12.8 Å². The number of esters is 2. The fourth-order valence-electron chi connectivity index (χ4n) is 5.09. The van der Waals surface area contributed by atoms with Crippen LogP contribution in [0.2, 0.25) is 0 Å². The van der Waals surface area contributed by atoms with Gasteiger partial charge >= 0.3 is 11.9 Å². The quantitative estimate of drug-likeness (QED) is 0.434. The number of aliphatic hydroxyl groups is 1. The van der Waals surface area contributed by atoms with Crippen molar-refractivity contribution >= 4 is 23.3 Å². The molecule has 30 heavy (non-hydrogen) atoms. The highest BCUT2D eigenvalue weighted by molar-refractivity contribution is 7.10. The van der Waals surface area contributed by atoms with Crippen molar-refractivity contribution in [3.8, 4) is 0 Å². The van der Waals surface area contributed by atoms with Crippen molar-refractivity contribution in [1.29, 1.82) is 0 Å². The zero-order valence-corrected chi connectivity index (χ0v) is 17.8. The average molecular weight is 434 g/mol. The molecule has 2 bridgehead atoms. The van der Waals surface area contributed by atoms with Crippen LogP contribution in [0.25, 0.3) is 0 Å². The molecule has 5 rings (SSSR count). The maximum atomic E-state index is 13.3. The molecule has 3 aliphatic heterocycles. The molecule has 3 saturated heterocycles. The van der Waals surface area contributed by atoms with Gasteiger partial charge in [-0.2, -0.15) is 0 Å². The fourth-order valence-corrected chi connectivity index (χ4v) is 5.90. The van der Waals surface area contributed by atoms with Gasteiger partial charge in [0.05, 0.1) is 26.1 Å². The third-order valence-corrected chi connectivity index (χ3v) is 7.81. The van der Waals surface area contributed by atoms with Gasteiger partial charge in [0.1, 0.15) is 30.4 Å². The second-order valence-corrected chi connectivity index (χ2v) is 9.62. The predicted molar refractivity (Wildman–Crippen MR) is 105 cm³/mol. The standard InChI is InChI=1S/C21H24NO7S/c1-22(2)12-9-11(10-13(22)18-17(12)29-18)27-20(24)21(25,16-5-4-8-30-16)15-7-6-14(28-15)19(23)26-3/h4-8,11-13,17-18,25H,9-10H2,1-3H3/q+1/t11?,12-,13+,17-,18+,21?. The molecule has 2 aromatic heterocycles. The Balaban J connectivity index is 1.41. The van der Waals surface area contributed by atoms with Crippen LogP contribution in [0.1, 0.15) is 34.0 Å². The van der Waals surface area contributed by atoms with E-state index in [9.17, 15) is 14.7 Å². The molecule has 0 aliphatic carbocycles. The van der Waals surface area contributed by atoms with Crippen molar-refractivity contribution in [2.24, 2.45) is 0 Å². The van der Waals surface area contributed by atoms with Gasteiger partial charge < -0.3 is 28.2 Å². The molecule has 160 valence electrons. The molecule has 3 fully saturated rings. The highest BCUT2D eigenvalue weighted by atomic mass is 32.1. The molecule has 9 heteroatoms. The summed E-state index contributed by atoms with van der Waals surface area (Å²) >= 11 is 1.21. The Morgan fingerprint density at radius 3 is 2.50 bits per heavy atom. The minimum atomic E-state index is -2.14. The summed E-state index contributed by atoms with van der Waals surface area (Å²) < 4.78 is 22.7. The molecule has 0 saturated carbocycles. The molecule has 0 radical (unpaired) electrons. The van der Waals surface area contributed by atoms with Gasteiger partial charge in [-0.1, -0.05) is 6.07 Å². The largest absolute Gasteiger partial charge is 0.463 e. The molecule has 5 heterocycles. The topological polar surface area (TPSA) is 98.5 Å². The van der Waals surface area contributed by atoms with Gasteiger partial charge in [0.25, 0.3) is 5.60 Å². The highest BCUT2D eigenvalue weighted by Gasteiger charge is 2.71. The third kappa shape index (κ3) is 2.76. The Kier molecular flexibility index (Phi) is 4.38. The summed E-state index contributed by atoms with van der Waals surface area (Å²) in [5, 5.41) is 13.2. The summed E-state index contributed by atoms with van der Waals surface area (Å²) in [7, 11) is 5.63. The normalized spacial score (nSPS) is 32.7. The number of hydrogen-bond donors (Lipinski definition) is 1. The molecule has 0 amide bonds. The second kappa shape index (κ2) is 6.65. The van der Waals surface area contributed by atoms with Crippen LogP contribution in [0.15, 0.2) is 34.1 Å². The van der Waals surface area contributed by atoms with E-state index < -0.39 is 17.5 Å². The van der Waals surface area contributed by atoms with Crippen molar-refractivity contribution in [2.75, 3.05) is 21.2 Å². The van der Waals surface area contributed by atoms with Crippen LogP contribution in [0, 0.1) is 0 Å². The molecule has 3 aliphatic rings. The van der Waals surface area contributed by atoms with E-state index in [1.807, 2.05) is 0 Å². The molecule has 6 atom stereocenters. The van der Waals surface area contributed by atoms with E-state index in [1.165, 1.54) is 30.6 Å². The number of likely N-dealkylation sites (N-methyl/N-ethyl adjacent to an activating group) is 1. The van der Waals surface area contributed by atoms with Crippen molar-refractivity contribution < 1.29 is 37.8 Å². The zero-order valence-electron chi connectivity index (χ0n) is 16.9. The van der Waals surface area contributed by atoms with Crippen molar-refractivity contribution in [1.82, 2.24) is 0 Å². The SMILES string of the molecule is COC(=O)c1ccc(C(O)(C(=O)OC2C[C@@H]3[C@H]4O[C@H]4[C@H](C2)[N+]3(C)C)c2cccs2)o1. The number of methoxy groups -OCH3 is 1. The lowest BCUT2D eigenvalue weighted by Gasteiger charge is -2.45. The van der Waals surface area contributed by atoms with Crippen LogP contribution in [0.4, 0.5) is 0 Å². The number of quaternary nitrogens is 1. The van der Waals surface area contributed by atoms with Gasteiger partial charge in [0.2, 0.25) is 5.76 Å². The molecule has 8 nitrogen and oxygen atoms in total. The molecule has 0 spiro atoms. The molecule has 0 aromatic carbocycles. The number of nitrogens with zero attached hydrogens (tertiary/aromatic N) is 1. The summed E-state index contributed by atoms with van der Waals surface area (Å²) in [5.41, 5.74) is -2.14. The first-order valence-corrected chi connectivity index (χ1v) is 10.8. The summed E-state index contributed by atoms with van der Waals surface area (Å²) in [6.07, 6.45) is 1.53. The fraction of sp³-hybridized carbons (Fsp3) is 0.524. The average Bonchev–Trinajstić information content (AvgIpc) is 3.07. The second-order valence-electron chi connectivity index (χ2n) is 8.67. The minimum Gasteiger partial charge on any atom is -0.463 e. The van der Waals surface area contributed by atoms with Crippen molar-refractivity contribution in [2.45, 2.75) is 48.8 Å². The number of thiophene rings is 1. The van der Waals surface area contributed by atoms with Crippen LogP contribution in [-0.2, 0) is 24.6 Å². The summed E-state index contributed by atoms with van der Waals surface area (Å²) in [6, 6.07) is 6.69. The Bertz CT molecular complexity index is 963. The zero-order chi connectivity index (χ0) is 21.3. The van der Waals surface area contributed by atoms with E-state index in [-0.39, 0.29) is 41.9 Å². The first-order valence-electron chi connectivity index (χ1n) is 9.91. The Morgan fingerprint density at radius 2 is 1.90 bits per heavy atom. The van der Waals surface area contributed by atoms with Crippen LogP contribution in [0.3, 0.4) is 0 Å². The maximum Gasteiger partial charge on any atom is 0.373 e. The first kappa shape index (κ1) is 19.7. The Hall–Kier alpha value is -2.20. The highest BCUT2D eigenvalue weighted by Crippen LogP contribution is 2.52. The molecular formula is C21H24NO7S+. The van der Waals surface area contributed by atoms with Gasteiger partial charge in [0.15, 0.2) is 5.76 Å². The summed E-state index contributed by atoms with van der Waals surface area (Å²) in [6.45, 7) is 0. The molecule has 1 N–H and O–H groups in total. The maximum absolute atomic E-state index is 13.3. The van der Waals surface area contributed by atoms with Crippen molar-refractivity contribution in [3.63, 3.8) is 0 Å². The number of furan rings is 1. The number of piperidine rings is 1. The number of carbonyl (C=O) groups is 2. The monoisotopic (exact) mass is 434 g/mol. The smallest absolute Gasteiger partial charge is 0.373 e. The lowest BCUT2D eigenvalue weighted by atomic mass is 9.95. The van der Waals surface area contributed by atoms with E-state index in [4.69, 9.17) is 13.9 Å². The number of morpholine rings is 1. The Labute approximate surface area is 177 Å². The number of carbonyl (C=O) groups excluding carboxylic acids is 2. The van der Waals surface area contributed by atoms with E-state index in [2.05, 4.69) is 18.8 Å². The van der Waals surface area contributed by atoms with E-state index in [1.54, 1.807) is 17.5 Å². The van der Waals surface area contributed by atoms with Gasteiger partial charge in [-0.15, -0.1) is 11.3 Å². The minimum absolute atomic E-state index is 0.0728. The number of hydrogen-bond acceptors (Lipinski definition) is 8. The van der Waals surface area contributed by atoms with Crippen molar-refractivity contribution in [3.05, 3.63) is 46.0 Å². The predicted octanol–water partition coefficient (Wildman–Crippen LogP) is 1.66. The van der Waals surface area contributed by atoms with Gasteiger partial charge in [-0.3, -0.25) is 0 Å². The lowest BCUT2D eigenvalue weighted by Crippen LogP contribution is -2.60. The number of rotatable bonds is 5. The van der Waals surface area contributed by atoms with Gasteiger partial charge in [-0.25, -0.2) is 9.59 Å².